The van der Waals surface area contributed by atoms with Crippen LogP contribution in [0, 0.1) is 0 Å². The predicted molar refractivity (Wildman–Crippen MR) is 108 cm³/mol. The van der Waals surface area contributed by atoms with Gasteiger partial charge < -0.3 is 16.2 Å². The topological polar surface area (TPSA) is 92.4 Å². The maximum absolute atomic E-state index is 11.7. The Labute approximate surface area is 160 Å². The monoisotopic (exact) mass is 370 g/mol. The molecule has 0 aliphatic rings. The molecular weight excluding hydrogens is 328 g/mol. The summed E-state index contributed by atoms with van der Waals surface area (Å²) in [5.74, 6) is -0.916. The number of carbonyl (C=O) groups is 2. The fraction of sp³-hybridized carbons (Fsp3) is 0.905. The molecule has 0 unspecified atom stereocenters. The van der Waals surface area contributed by atoms with Gasteiger partial charge in [-0.3, -0.25) is 9.59 Å². The third kappa shape index (κ3) is 17.7. The number of aliphatic carboxylic acids is 1. The minimum Gasteiger partial charge on any atom is -0.480 e. The number of hydrogen-bond acceptors (Lipinski definition) is 3. The van der Waals surface area contributed by atoms with E-state index in [1.807, 2.05) is 0 Å². The second kappa shape index (κ2) is 18.7. The standard InChI is InChI=1S/C21H42N2O3/c1-2-3-4-5-6-7-8-9-10-11-12-13-14-17-20(24)23-18-15-16-19(22)21(25)26/h19H,2-18,22H2,1H3,(H,23,24)(H,25,26)/t19-/m0/s1. The van der Waals surface area contributed by atoms with E-state index in [1.165, 1.54) is 70.6 Å². The molecule has 1 amide bonds. The Morgan fingerprint density at radius 3 is 1.73 bits per heavy atom. The van der Waals surface area contributed by atoms with Crippen LogP contribution in [0.1, 0.15) is 110 Å². The molecule has 0 rings (SSSR count). The lowest BCUT2D eigenvalue weighted by Crippen LogP contribution is -2.32. The predicted octanol–water partition coefficient (Wildman–Crippen LogP) is 4.78. The summed E-state index contributed by atoms with van der Waals surface area (Å²) < 4.78 is 0. The minimum atomic E-state index is -0.983. The van der Waals surface area contributed by atoms with Crippen LogP contribution in [0.15, 0.2) is 0 Å². The van der Waals surface area contributed by atoms with Crippen LogP contribution in [0.25, 0.3) is 0 Å². The van der Waals surface area contributed by atoms with E-state index in [0.29, 0.717) is 25.8 Å². The van der Waals surface area contributed by atoms with Gasteiger partial charge >= 0.3 is 5.97 Å². The first kappa shape index (κ1) is 24.9. The van der Waals surface area contributed by atoms with E-state index in [-0.39, 0.29) is 5.91 Å². The van der Waals surface area contributed by atoms with Gasteiger partial charge in [0, 0.05) is 13.0 Å². The van der Waals surface area contributed by atoms with Crippen molar-refractivity contribution in [3.8, 4) is 0 Å². The van der Waals surface area contributed by atoms with Crippen molar-refractivity contribution in [3.05, 3.63) is 0 Å². The first-order chi connectivity index (χ1) is 12.6. The molecule has 5 nitrogen and oxygen atoms in total. The van der Waals surface area contributed by atoms with Crippen LogP contribution < -0.4 is 11.1 Å². The number of hydrogen-bond donors (Lipinski definition) is 3. The summed E-state index contributed by atoms with van der Waals surface area (Å²) in [5.41, 5.74) is 5.41. The fourth-order valence-corrected chi connectivity index (χ4v) is 3.06. The molecule has 0 heterocycles. The minimum absolute atomic E-state index is 0.0666. The van der Waals surface area contributed by atoms with E-state index in [9.17, 15) is 9.59 Å². The lowest BCUT2D eigenvalue weighted by atomic mass is 10.0. The van der Waals surface area contributed by atoms with Crippen LogP contribution >= 0.6 is 0 Å². The van der Waals surface area contributed by atoms with Crippen LogP contribution in [0.4, 0.5) is 0 Å². The van der Waals surface area contributed by atoms with Crippen LogP contribution in [-0.4, -0.2) is 29.6 Å². The molecule has 4 N–H and O–H groups in total. The molecule has 0 saturated carbocycles. The molecule has 0 aromatic carbocycles. The lowest BCUT2D eigenvalue weighted by molar-refractivity contribution is -0.138. The zero-order chi connectivity index (χ0) is 19.5. The van der Waals surface area contributed by atoms with Crippen molar-refractivity contribution >= 4 is 11.9 Å². The van der Waals surface area contributed by atoms with Crippen molar-refractivity contribution in [2.75, 3.05) is 6.54 Å². The number of unbranched alkanes of at least 4 members (excludes halogenated alkanes) is 12. The Kier molecular flexibility index (Phi) is 17.9. The van der Waals surface area contributed by atoms with Crippen molar-refractivity contribution in [3.63, 3.8) is 0 Å². The van der Waals surface area contributed by atoms with Gasteiger partial charge in [0.2, 0.25) is 5.91 Å². The zero-order valence-electron chi connectivity index (χ0n) is 16.9. The van der Waals surface area contributed by atoms with Gasteiger partial charge in [-0.25, -0.2) is 0 Å². The second-order valence-electron chi connectivity index (χ2n) is 7.43. The maximum Gasteiger partial charge on any atom is 0.320 e. The average Bonchev–Trinajstić information content (AvgIpc) is 2.62. The van der Waals surface area contributed by atoms with Crippen molar-refractivity contribution < 1.29 is 14.7 Å². The molecular formula is C21H42N2O3. The fourth-order valence-electron chi connectivity index (χ4n) is 3.06. The SMILES string of the molecule is CCCCCCCCCCCCCCCC(=O)NCCC[C@H](N)C(=O)O. The molecule has 0 radical (unpaired) electrons. The molecule has 0 fully saturated rings. The molecule has 0 aromatic rings. The molecule has 0 saturated heterocycles. The highest BCUT2D eigenvalue weighted by Gasteiger charge is 2.10. The van der Waals surface area contributed by atoms with Crippen molar-refractivity contribution in [2.24, 2.45) is 5.73 Å². The van der Waals surface area contributed by atoms with Gasteiger partial charge in [-0.05, 0) is 19.3 Å². The Bertz CT molecular complexity index is 348. The number of carboxylic acid groups (broad SMARTS) is 1. The van der Waals surface area contributed by atoms with Crippen molar-refractivity contribution in [1.82, 2.24) is 5.32 Å². The number of nitrogens with two attached hydrogens (primary N) is 1. The first-order valence-electron chi connectivity index (χ1n) is 10.8. The summed E-state index contributed by atoms with van der Waals surface area (Å²) in [5, 5.41) is 11.5. The van der Waals surface area contributed by atoms with Gasteiger partial charge in [0.1, 0.15) is 6.04 Å². The lowest BCUT2D eigenvalue weighted by Gasteiger charge is -2.07. The third-order valence-corrected chi connectivity index (χ3v) is 4.84. The highest BCUT2D eigenvalue weighted by molar-refractivity contribution is 5.75. The van der Waals surface area contributed by atoms with Gasteiger partial charge in [0.15, 0.2) is 0 Å². The number of nitrogens with one attached hydrogen (secondary N) is 1. The summed E-state index contributed by atoms with van der Waals surface area (Å²) in [6.07, 6.45) is 18.5. The van der Waals surface area contributed by atoms with E-state index < -0.39 is 12.0 Å². The van der Waals surface area contributed by atoms with Crippen LogP contribution in [0.5, 0.6) is 0 Å². The molecule has 0 aromatic heterocycles. The van der Waals surface area contributed by atoms with E-state index >= 15 is 0 Å². The van der Waals surface area contributed by atoms with Crippen LogP contribution in [-0.2, 0) is 9.59 Å². The molecule has 0 spiro atoms. The van der Waals surface area contributed by atoms with E-state index in [1.54, 1.807) is 0 Å². The first-order valence-corrected chi connectivity index (χ1v) is 10.8. The van der Waals surface area contributed by atoms with E-state index in [4.69, 9.17) is 10.8 Å². The number of carbonyl (C=O) groups excluding carboxylic acids is 1. The summed E-state index contributed by atoms with van der Waals surface area (Å²) >= 11 is 0. The highest BCUT2D eigenvalue weighted by Crippen LogP contribution is 2.12. The van der Waals surface area contributed by atoms with Crippen molar-refractivity contribution in [1.29, 1.82) is 0 Å². The van der Waals surface area contributed by atoms with Crippen LogP contribution in [0.3, 0.4) is 0 Å². The molecule has 0 aliphatic carbocycles. The Hall–Kier alpha value is -1.10. The number of amides is 1. The van der Waals surface area contributed by atoms with Gasteiger partial charge in [-0.2, -0.15) is 0 Å². The summed E-state index contributed by atoms with van der Waals surface area (Å²) in [4.78, 5) is 22.2. The summed E-state index contributed by atoms with van der Waals surface area (Å²) in [6, 6.07) is -0.826. The van der Waals surface area contributed by atoms with E-state index in [2.05, 4.69) is 12.2 Å². The van der Waals surface area contributed by atoms with E-state index in [0.717, 1.165) is 12.8 Å². The van der Waals surface area contributed by atoms with Gasteiger partial charge in [-0.1, -0.05) is 84.0 Å². The van der Waals surface area contributed by atoms with Gasteiger partial charge in [0.05, 0.1) is 0 Å². The number of carboxylic acids is 1. The summed E-state index contributed by atoms with van der Waals surface area (Å²) in [7, 11) is 0. The van der Waals surface area contributed by atoms with Crippen molar-refractivity contribution in [2.45, 2.75) is 116 Å². The molecule has 154 valence electrons. The molecule has 5 heteroatoms. The normalized spacial score (nSPS) is 12.1. The third-order valence-electron chi connectivity index (χ3n) is 4.84. The second-order valence-corrected chi connectivity index (χ2v) is 7.43. The zero-order valence-corrected chi connectivity index (χ0v) is 16.9. The molecule has 0 bridgehead atoms. The summed E-state index contributed by atoms with van der Waals surface area (Å²) in [6.45, 7) is 2.77. The average molecular weight is 371 g/mol. The highest BCUT2D eigenvalue weighted by atomic mass is 16.4. The maximum atomic E-state index is 11.7. The van der Waals surface area contributed by atoms with Gasteiger partial charge in [0.25, 0.3) is 0 Å². The number of rotatable bonds is 19. The molecule has 1 atom stereocenters. The smallest absolute Gasteiger partial charge is 0.320 e. The molecule has 26 heavy (non-hydrogen) atoms. The molecule has 0 aliphatic heterocycles. The Morgan fingerprint density at radius 2 is 1.27 bits per heavy atom. The van der Waals surface area contributed by atoms with Crippen LogP contribution in [0.2, 0.25) is 0 Å². The largest absolute Gasteiger partial charge is 0.480 e. The Morgan fingerprint density at radius 1 is 0.808 bits per heavy atom. The van der Waals surface area contributed by atoms with Gasteiger partial charge in [-0.15, -0.1) is 0 Å². The Balaban J connectivity index is 3.22. The quantitative estimate of drug-likeness (QED) is 0.285.